The summed E-state index contributed by atoms with van der Waals surface area (Å²) >= 11 is 0. The fourth-order valence-corrected chi connectivity index (χ4v) is 2.46. The monoisotopic (exact) mass is 300 g/mol. The van der Waals surface area contributed by atoms with Crippen molar-refractivity contribution in [3.8, 4) is 0 Å². The van der Waals surface area contributed by atoms with Crippen LogP contribution in [0.4, 0.5) is 0 Å². The molecule has 1 unspecified atom stereocenters. The molecule has 0 rings (SSSR count). The molecule has 0 aromatic heterocycles. The number of hydrogen-bond donors (Lipinski definition) is 4. The van der Waals surface area contributed by atoms with Gasteiger partial charge in [-0.15, -0.1) is 0 Å². The van der Waals surface area contributed by atoms with Crippen LogP contribution in [0.1, 0.15) is 13.3 Å². The molecule has 0 aliphatic carbocycles. The normalized spacial score (nSPS) is 14.9. The van der Waals surface area contributed by atoms with Crippen molar-refractivity contribution in [1.82, 2.24) is 4.90 Å². The SMILES string of the molecule is CCC(CO)(CO)N(CCO)CC(O)CS(=O)(=O)[O-]. The third-order valence-corrected chi connectivity index (χ3v) is 3.91. The topological polar surface area (TPSA) is 141 Å². The Morgan fingerprint density at radius 2 is 1.79 bits per heavy atom. The minimum absolute atomic E-state index is 0.0327. The lowest BCUT2D eigenvalue weighted by Gasteiger charge is -2.41. The van der Waals surface area contributed by atoms with Crippen molar-refractivity contribution in [2.45, 2.75) is 25.0 Å². The van der Waals surface area contributed by atoms with Gasteiger partial charge in [0.2, 0.25) is 0 Å². The van der Waals surface area contributed by atoms with Crippen LogP contribution in [-0.2, 0) is 10.1 Å². The highest BCUT2D eigenvalue weighted by atomic mass is 32.2. The zero-order chi connectivity index (χ0) is 15.1. The summed E-state index contributed by atoms with van der Waals surface area (Å²) in [6.07, 6.45) is -1.12. The maximum atomic E-state index is 10.6. The Hall–Kier alpha value is -0.290. The van der Waals surface area contributed by atoms with E-state index in [1.54, 1.807) is 6.92 Å². The molecule has 4 N–H and O–H groups in total. The molecule has 0 fully saturated rings. The first-order chi connectivity index (χ1) is 8.74. The highest BCUT2D eigenvalue weighted by molar-refractivity contribution is 7.85. The molecule has 19 heavy (non-hydrogen) atoms. The summed E-state index contributed by atoms with van der Waals surface area (Å²) in [6.45, 7) is 0.363. The minimum atomic E-state index is -4.56. The number of β-amino-alcohol motifs (C(OH)–C–C–N with tert-alkyl or cyclic N) is 2. The predicted octanol–water partition coefficient (Wildman–Crippen LogP) is -2.68. The fraction of sp³-hybridized carbons (Fsp3) is 1.00. The van der Waals surface area contributed by atoms with Crippen LogP contribution in [0.3, 0.4) is 0 Å². The third-order valence-electron chi connectivity index (χ3n) is 3.12. The van der Waals surface area contributed by atoms with Crippen molar-refractivity contribution in [3.05, 3.63) is 0 Å². The molecule has 8 nitrogen and oxygen atoms in total. The maximum absolute atomic E-state index is 10.6. The molecule has 0 heterocycles. The standard InChI is InChI=1S/C10H23NO7S/c1-2-10(7-13,8-14)11(3-4-12)5-9(15)6-19(16,17)18/h9,12-15H,2-8H2,1H3,(H,16,17,18)/p-1. The lowest BCUT2D eigenvalue weighted by atomic mass is 9.95. The highest BCUT2D eigenvalue weighted by Crippen LogP contribution is 2.19. The van der Waals surface area contributed by atoms with Gasteiger partial charge in [-0.2, -0.15) is 0 Å². The van der Waals surface area contributed by atoms with Gasteiger partial charge in [0.25, 0.3) is 0 Å². The first-order valence-electron chi connectivity index (χ1n) is 5.94. The Morgan fingerprint density at radius 3 is 2.11 bits per heavy atom. The van der Waals surface area contributed by atoms with Crippen LogP contribution in [0.2, 0.25) is 0 Å². The van der Waals surface area contributed by atoms with E-state index in [0.717, 1.165) is 0 Å². The fourth-order valence-electron chi connectivity index (χ4n) is 1.88. The van der Waals surface area contributed by atoms with Gasteiger partial charge in [-0.1, -0.05) is 6.92 Å². The van der Waals surface area contributed by atoms with Crippen molar-refractivity contribution >= 4 is 10.1 Å². The van der Waals surface area contributed by atoms with E-state index in [0.29, 0.717) is 6.42 Å². The molecule has 0 aliphatic rings. The molecule has 116 valence electrons. The van der Waals surface area contributed by atoms with Crippen LogP contribution in [0.5, 0.6) is 0 Å². The second-order valence-electron chi connectivity index (χ2n) is 4.44. The Morgan fingerprint density at radius 1 is 1.26 bits per heavy atom. The molecule has 1 atom stereocenters. The number of hydrogen-bond acceptors (Lipinski definition) is 8. The minimum Gasteiger partial charge on any atom is -0.748 e. The molecule has 0 bridgehead atoms. The van der Waals surface area contributed by atoms with Crippen molar-refractivity contribution in [2.75, 3.05) is 38.7 Å². The van der Waals surface area contributed by atoms with Gasteiger partial charge < -0.3 is 25.0 Å². The van der Waals surface area contributed by atoms with Gasteiger partial charge in [-0.05, 0) is 6.42 Å². The second kappa shape index (κ2) is 8.10. The van der Waals surface area contributed by atoms with E-state index in [2.05, 4.69) is 0 Å². The van der Waals surface area contributed by atoms with E-state index in [9.17, 15) is 28.3 Å². The molecule has 0 radical (unpaired) electrons. The summed E-state index contributed by atoms with van der Waals surface area (Å²) in [4.78, 5) is 1.39. The summed E-state index contributed by atoms with van der Waals surface area (Å²) in [7, 11) is -4.56. The maximum Gasteiger partial charge on any atom is 0.0972 e. The largest absolute Gasteiger partial charge is 0.748 e. The number of aliphatic hydroxyl groups is 4. The number of aliphatic hydroxyl groups excluding tert-OH is 4. The van der Waals surface area contributed by atoms with Crippen LogP contribution in [0, 0.1) is 0 Å². The smallest absolute Gasteiger partial charge is 0.0972 e. The Labute approximate surface area is 113 Å². The predicted molar refractivity (Wildman–Crippen MR) is 66.4 cm³/mol. The third kappa shape index (κ3) is 6.13. The lowest BCUT2D eigenvalue weighted by molar-refractivity contribution is -0.0405. The summed E-state index contributed by atoms with van der Waals surface area (Å²) in [5.41, 5.74) is -1.07. The summed E-state index contributed by atoms with van der Waals surface area (Å²) in [5, 5.41) is 37.3. The molecule has 0 spiro atoms. The van der Waals surface area contributed by atoms with Gasteiger partial charge in [0, 0.05) is 13.1 Å². The summed E-state index contributed by atoms with van der Waals surface area (Å²) in [5.74, 6) is -0.953. The van der Waals surface area contributed by atoms with Gasteiger partial charge in [0.05, 0.1) is 47.3 Å². The van der Waals surface area contributed by atoms with Gasteiger partial charge in [-0.25, -0.2) is 8.42 Å². The molecular weight excluding hydrogens is 278 g/mol. The van der Waals surface area contributed by atoms with E-state index >= 15 is 0 Å². The van der Waals surface area contributed by atoms with E-state index in [-0.39, 0.29) is 19.7 Å². The molecule has 0 saturated heterocycles. The summed E-state index contributed by atoms with van der Waals surface area (Å²) < 4.78 is 31.7. The molecule has 0 saturated carbocycles. The molecule has 0 amide bonds. The van der Waals surface area contributed by atoms with Crippen LogP contribution >= 0.6 is 0 Å². The molecule has 0 aliphatic heterocycles. The van der Waals surface area contributed by atoms with E-state index < -0.39 is 40.7 Å². The zero-order valence-electron chi connectivity index (χ0n) is 10.9. The van der Waals surface area contributed by atoms with Crippen LogP contribution in [0.25, 0.3) is 0 Å². The van der Waals surface area contributed by atoms with Gasteiger partial charge in [0.15, 0.2) is 0 Å². The highest BCUT2D eigenvalue weighted by Gasteiger charge is 2.35. The van der Waals surface area contributed by atoms with Crippen molar-refractivity contribution in [3.63, 3.8) is 0 Å². The number of rotatable bonds is 10. The van der Waals surface area contributed by atoms with Crippen molar-refractivity contribution in [2.24, 2.45) is 0 Å². The molecule has 0 aromatic rings. The Bertz CT molecular complexity index is 334. The van der Waals surface area contributed by atoms with Crippen LogP contribution in [-0.4, -0.2) is 88.6 Å². The number of nitrogens with zero attached hydrogens (tertiary/aromatic N) is 1. The summed E-state index contributed by atoms with van der Waals surface area (Å²) in [6, 6.07) is 0. The van der Waals surface area contributed by atoms with E-state index in [1.165, 1.54) is 4.90 Å². The van der Waals surface area contributed by atoms with Crippen LogP contribution in [0.15, 0.2) is 0 Å². The Balaban J connectivity index is 4.90. The molecule has 9 heteroatoms. The Kier molecular flexibility index (Phi) is 7.98. The first-order valence-corrected chi connectivity index (χ1v) is 7.51. The average Bonchev–Trinajstić information content (AvgIpc) is 2.29. The van der Waals surface area contributed by atoms with Crippen molar-refractivity contribution in [1.29, 1.82) is 0 Å². The van der Waals surface area contributed by atoms with E-state index in [1.807, 2.05) is 0 Å². The lowest BCUT2D eigenvalue weighted by Crippen LogP contribution is -2.57. The van der Waals surface area contributed by atoms with Crippen LogP contribution < -0.4 is 0 Å². The molecular formula is C10H22NO7S-. The molecule has 0 aromatic carbocycles. The van der Waals surface area contributed by atoms with Gasteiger partial charge in [-0.3, -0.25) is 4.90 Å². The zero-order valence-corrected chi connectivity index (χ0v) is 11.7. The quantitative estimate of drug-likeness (QED) is 0.320. The van der Waals surface area contributed by atoms with Gasteiger partial charge >= 0.3 is 0 Å². The average molecular weight is 300 g/mol. The van der Waals surface area contributed by atoms with Gasteiger partial charge in [0.1, 0.15) is 0 Å². The first kappa shape index (κ1) is 18.7. The van der Waals surface area contributed by atoms with Crippen molar-refractivity contribution < 1.29 is 33.4 Å². The second-order valence-corrected chi connectivity index (χ2v) is 5.89. The van der Waals surface area contributed by atoms with E-state index in [4.69, 9.17) is 5.11 Å².